The summed E-state index contributed by atoms with van der Waals surface area (Å²) in [6.07, 6.45) is 3.82. The molecule has 2 nitrogen and oxygen atoms in total. The van der Waals surface area contributed by atoms with Crippen molar-refractivity contribution in [1.82, 2.24) is 0 Å². The zero-order chi connectivity index (χ0) is 10.9. The molecule has 1 aliphatic carbocycles. The number of rotatable bonds is 4. The van der Waals surface area contributed by atoms with E-state index in [1.165, 1.54) is 11.1 Å². The SMILES string of the molecule is CC(N)c1ccc(CCC2(O)CC2)cc1. The van der Waals surface area contributed by atoms with Crippen molar-refractivity contribution in [2.45, 2.75) is 44.2 Å². The number of aliphatic hydroxyl groups is 1. The second-order valence-electron chi connectivity index (χ2n) is 4.75. The predicted molar refractivity (Wildman–Crippen MR) is 61.5 cm³/mol. The minimum Gasteiger partial charge on any atom is -0.390 e. The minimum atomic E-state index is -0.334. The van der Waals surface area contributed by atoms with Crippen LogP contribution < -0.4 is 5.73 Å². The molecular formula is C13H19NO. The first kappa shape index (κ1) is 10.7. The van der Waals surface area contributed by atoms with Crippen molar-refractivity contribution in [2.75, 3.05) is 0 Å². The minimum absolute atomic E-state index is 0.103. The van der Waals surface area contributed by atoms with Gasteiger partial charge < -0.3 is 10.8 Å². The van der Waals surface area contributed by atoms with Crippen LogP contribution in [0.5, 0.6) is 0 Å². The molecule has 0 saturated heterocycles. The highest BCUT2D eigenvalue weighted by atomic mass is 16.3. The summed E-state index contributed by atoms with van der Waals surface area (Å²) in [6.45, 7) is 1.99. The van der Waals surface area contributed by atoms with E-state index < -0.39 is 0 Å². The van der Waals surface area contributed by atoms with E-state index in [1.807, 2.05) is 6.92 Å². The Labute approximate surface area is 91.1 Å². The van der Waals surface area contributed by atoms with Crippen LogP contribution in [0.4, 0.5) is 0 Å². The lowest BCUT2D eigenvalue weighted by atomic mass is 10.0. The van der Waals surface area contributed by atoms with Crippen LogP contribution >= 0.6 is 0 Å². The lowest BCUT2D eigenvalue weighted by Crippen LogP contribution is -2.08. The fourth-order valence-electron chi connectivity index (χ4n) is 1.76. The van der Waals surface area contributed by atoms with Gasteiger partial charge in [0, 0.05) is 6.04 Å². The fourth-order valence-corrected chi connectivity index (χ4v) is 1.76. The highest BCUT2D eigenvalue weighted by Gasteiger charge is 2.39. The van der Waals surface area contributed by atoms with Gasteiger partial charge in [-0.05, 0) is 43.7 Å². The maximum Gasteiger partial charge on any atom is 0.0653 e. The van der Waals surface area contributed by atoms with Crippen molar-refractivity contribution in [3.63, 3.8) is 0 Å². The fraction of sp³-hybridized carbons (Fsp3) is 0.538. The van der Waals surface area contributed by atoms with Crippen LogP contribution in [0.15, 0.2) is 24.3 Å². The molecule has 1 saturated carbocycles. The third-order valence-corrected chi connectivity index (χ3v) is 3.21. The molecule has 0 spiro atoms. The number of aryl methyl sites for hydroxylation is 1. The first-order valence-electron chi connectivity index (χ1n) is 5.66. The third kappa shape index (κ3) is 2.80. The van der Waals surface area contributed by atoms with Gasteiger partial charge >= 0.3 is 0 Å². The lowest BCUT2D eigenvalue weighted by Gasteiger charge is -2.09. The van der Waals surface area contributed by atoms with E-state index in [9.17, 15) is 5.11 Å². The molecule has 0 aliphatic heterocycles. The van der Waals surface area contributed by atoms with Crippen LogP contribution in [0.3, 0.4) is 0 Å². The largest absolute Gasteiger partial charge is 0.390 e. The molecule has 1 aromatic carbocycles. The Bertz CT molecular complexity index is 325. The maximum atomic E-state index is 9.71. The molecule has 2 rings (SSSR count). The summed E-state index contributed by atoms with van der Waals surface area (Å²) in [7, 11) is 0. The van der Waals surface area contributed by atoms with E-state index in [0.717, 1.165) is 25.7 Å². The topological polar surface area (TPSA) is 46.2 Å². The molecule has 0 heterocycles. The quantitative estimate of drug-likeness (QED) is 0.791. The second kappa shape index (κ2) is 3.95. The third-order valence-electron chi connectivity index (χ3n) is 3.21. The normalized spacial score (nSPS) is 19.9. The van der Waals surface area contributed by atoms with E-state index in [2.05, 4.69) is 24.3 Å². The Morgan fingerprint density at radius 2 is 1.93 bits per heavy atom. The average Bonchev–Trinajstić information content (AvgIpc) is 2.95. The van der Waals surface area contributed by atoms with Crippen LogP contribution in [0, 0.1) is 0 Å². The Hall–Kier alpha value is -0.860. The van der Waals surface area contributed by atoms with Gasteiger partial charge in [0.1, 0.15) is 0 Å². The molecule has 1 aromatic rings. The first-order valence-corrected chi connectivity index (χ1v) is 5.66. The predicted octanol–water partition coefficient (Wildman–Crippen LogP) is 2.16. The van der Waals surface area contributed by atoms with Gasteiger partial charge in [-0.15, -0.1) is 0 Å². The van der Waals surface area contributed by atoms with E-state index in [1.54, 1.807) is 0 Å². The number of hydrogen-bond acceptors (Lipinski definition) is 2. The van der Waals surface area contributed by atoms with Crippen LogP contribution in [-0.2, 0) is 6.42 Å². The van der Waals surface area contributed by atoms with Gasteiger partial charge in [-0.2, -0.15) is 0 Å². The number of hydrogen-bond donors (Lipinski definition) is 2. The van der Waals surface area contributed by atoms with Crippen molar-refractivity contribution < 1.29 is 5.11 Å². The van der Waals surface area contributed by atoms with Gasteiger partial charge in [-0.1, -0.05) is 24.3 Å². The molecule has 82 valence electrons. The van der Waals surface area contributed by atoms with Gasteiger partial charge in [-0.3, -0.25) is 0 Å². The Morgan fingerprint density at radius 3 is 2.40 bits per heavy atom. The standard InChI is InChI=1S/C13H19NO/c1-10(14)12-4-2-11(3-5-12)6-7-13(15)8-9-13/h2-5,10,15H,6-9,14H2,1H3. The van der Waals surface area contributed by atoms with Crippen molar-refractivity contribution in [3.8, 4) is 0 Å². The molecule has 1 unspecified atom stereocenters. The van der Waals surface area contributed by atoms with Crippen molar-refractivity contribution in [3.05, 3.63) is 35.4 Å². The Balaban J connectivity index is 1.92. The molecule has 3 N–H and O–H groups in total. The van der Waals surface area contributed by atoms with Gasteiger partial charge in [0.15, 0.2) is 0 Å². The smallest absolute Gasteiger partial charge is 0.0653 e. The van der Waals surface area contributed by atoms with E-state index in [-0.39, 0.29) is 11.6 Å². The molecule has 0 radical (unpaired) electrons. The zero-order valence-corrected chi connectivity index (χ0v) is 9.24. The van der Waals surface area contributed by atoms with Crippen LogP contribution in [0.1, 0.15) is 43.4 Å². The monoisotopic (exact) mass is 205 g/mol. The summed E-state index contributed by atoms with van der Waals surface area (Å²) in [5, 5.41) is 9.71. The zero-order valence-electron chi connectivity index (χ0n) is 9.24. The molecule has 1 aliphatic rings. The van der Waals surface area contributed by atoms with Gasteiger partial charge in [-0.25, -0.2) is 0 Å². The van der Waals surface area contributed by atoms with Crippen LogP contribution in [0.25, 0.3) is 0 Å². The summed E-state index contributed by atoms with van der Waals surface area (Å²) in [5.74, 6) is 0. The van der Waals surface area contributed by atoms with Gasteiger partial charge in [0.05, 0.1) is 5.60 Å². The van der Waals surface area contributed by atoms with Crippen molar-refractivity contribution in [1.29, 1.82) is 0 Å². The second-order valence-corrected chi connectivity index (χ2v) is 4.75. The number of benzene rings is 1. The maximum absolute atomic E-state index is 9.71. The van der Waals surface area contributed by atoms with Crippen LogP contribution in [0.2, 0.25) is 0 Å². The molecule has 1 atom stereocenters. The van der Waals surface area contributed by atoms with Crippen molar-refractivity contribution in [2.24, 2.45) is 5.73 Å². The summed E-state index contributed by atoms with van der Waals surface area (Å²) in [4.78, 5) is 0. The van der Waals surface area contributed by atoms with E-state index >= 15 is 0 Å². The lowest BCUT2D eigenvalue weighted by molar-refractivity contribution is 0.140. The Kier molecular flexibility index (Phi) is 2.81. The number of nitrogens with two attached hydrogens (primary N) is 1. The highest BCUT2D eigenvalue weighted by molar-refractivity contribution is 5.24. The molecular weight excluding hydrogens is 186 g/mol. The molecule has 0 aromatic heterocycles. The summed E-state index contributed by atoms with van der Waals surface area (Å²) in [5.41, 5.74) is 7.91. The molecule has 1 fully saturated rings. The molecule has 0 bridgehead atoms. The summed E-state index contributed by atoms with van der Waals surface area (Å²) >= 11 is 0. The summed E-state index contributed by atoms with van der Waals surface area (Å²) in [6, 6.07) is 8.50. The summed E-state index contributed by atoms with van der Waals surface area (Å²) < 4.78 is 0. The van der Waals surface area contributed by atoms with Gasteiger partial charge in [0.25, 0.3) is 0 Å². The molecule has 0 amide bonds. The van der Waals surface area contributed by atoms with E-state index in [0.29, 0.717) is 0 Å². The first-order chi connectivity index (χ1) is 7.09. The average molecular weight is 205 g/mol. The Morgan fingerprint density at radius 1 is 1.33 bits per heavy atom. The van der Waals surface area contributed by atoms with E-state index in [4.69, 9.17) is 5.73 Å². The molecule has 15 heavy (non-hydrogen) atoms. The highest BCUT2D eigenvalue weighted by Crippen LogP contribution is 2.39. The van der Waals surface area contributed by atoms with Crippen LogP contribution in [-0.4, -0.2) is 10.7 Å². The van der Waals surface area contributed by atoms with Crippen molar-refractivity contribution >= 4 is 0 Å². The van der Waals surface area contributed by atoms with Gasteiger partial charge in [0.2, 0.25) is 0 Å². The molecule has 2 heteroatoms.